The highest BCUT2D eigenvalue weighted by atomic mass is 16.3. The van der Waals surface area contributed by atoms with Crippen LogP contribution in [0.2, 0.25) is 0 Å². The third kappa shape index (κ3) is 1.87. The van der Waals surface area contributed by atoms with Gasteiger partial charge in [0.25, 0.3) is 0 Å². The second-order valence-electron chi connectivity index (χ2n) is 5.23. The van der Waals surface area contributed by atoms with Crippen LogP contribution in [0, 0.1) is 5.92 Å². The molecular weight excluding hydrogens is 198 g/mol. The zero-order valence-electron chi connectivity index (χ0n) is 9.55. The van der Waals surface area contributed by atoms with Crippen LogP contribution in [0.3, 0.4) is 0 Å². The van der Waals surface area contributed by atoms with Gasteiger partial charge in [0.2, 0.25) is 0 Å². The maximum atomic E-state index is 10.0. The van der Waals surface area contributed by atoms with E-state index in [1.807, 2.05) is 0 Å². The molecule has 0 spiro atoms. The maximum Gasteiger partial charge on any atom is 0.0698 e. The Morgan fingerprint density at radius 1 is 1.19 bits per heavy atom. The summed E-state index contributed by atoms with van der Waals surface area (Å²) in [5.41, 5.74) is 1.36. The van der Waals surface area contributed by atoms with E-state index in [1.165, 1.54) is 24.9 Å². The summed E-state index contributed by atoms with van der Waals surface area (Å²) in [6, 6.07) is 11.0. The number of benzene rings is 1. The van der Waals surface area contributed by atoms with Gasteiger partial charge in [0.05, 0.1) is 6.10 Å². The summed E-state index contributed by atoms with van der Waals surface area (Å²) in [6.45, 7) is 2.18. The second kappa shape index (κ2) is 4.19. The van der Waals surface area contributed by atoms with Gasteiger partial charge in [-0.15, -0.1) is 0 Å². The highest BCUT2D eigenvalue weighted by Gasteiger charge is 2.39. The monoisotopic (exact) mass is 217 g/mol. The van der Waals surface area contributed by atoms with Crippen molar-refractivity contribution in [3.63, 3.8) is 0 Å². The Balaban J connectivity index is 1.72. The Hall–Kier alpha value is -0.860. The number of piperidine rings is 2. The minimum absolute atomic E-state index is 0.0868. The number of hydrogen-bond donors (Lipinski definition) is 1. The van der Waals surface area contributed by atoms with Gasteiger partial charge in [-0.3, -0.25) is 4.90 Å². The molecule has 0 amide bonds. The van der Waals surface area contributed by atoms with Gasteiger partial charge in [0.1, 0.15) is 0 Å². The lowest BCUT2D eigenvalue weighted by Gasteiger charge is -2.48. The number of aliphatic hydroxyl groups excluding tert-OH is 1. The van der Waals surface area contributed by atoms with E-state index in [-0.39, 0.29) is 6.10 Å². The minimum atomic E-state index is -0.0868. The van der Waals surface area contributed by atoms with Crippen LogP contribution >= 0.6 is 0 Å². The van der Waals surface area contributed by atoms with Gasteiger partial charge in [-0.05, 0) is 30.7 Å². The first kappa shape index (κ1) is 10.3. The molecule has 0 aromatic heterocycles. The van der Waals surface area contributed by atoms with E-state index in [0.717, 1.165) is 18.9 Å². The SMILES string of the molecule is OC1C[C@@H]2CC[C@H]1N(Cc1ccccc1)C2. The fraction of sp³-hybridized carbons (Fsp3) is 0.571. The van der Waals surface area contributed by atoms with Gasteiger partial charge >= 0.3 is 0 Å². The smallest absolute Gasteiger partial charge is 0.0698 e. The zero-order chi connectivity index (χ0) is 11.0. The Morgan fingerprint density at radius 2 is 2.00 bits per heavy atom. The lowest BCUT2D eigenvalue weighted by Crippen LogP contribution is -2.55. The summed E-state index contributed by atoms with van der Waals surface area (Å²) in [4.78, 5) is 2.47. The number of nitrogens with zero attached hydrogens (tertiary/aromatic N) is 1. The summed E-state index contributed by atoms with van der Waals surface area (Å²) in [7, 11) is 0. The molecule has 1 aromatic carbocycles. The lowest BCUT2D eigenvalue weighted by atomic mass is 9.78. The Kier molecular flexibility index (Phi) is 2.70. The molecule has 0 radical (unpaired) electrons. The fourth-order valence-corrected chi connectivity index (χ4v) is 3.27. The van der Waals surface area contributed by atoms with Crippen LogP contribution in [-0.4, -0.2) is 28.7 Å². The second-order valence-corrected chi connectivity index (χ2v) is 5.23. The highest BCUT2D eigenvalue weighted by molar-refractivity contribution is 5.15. The van der Waals surface area contributed by atoms with E-state index in [0.29, 0.717) is 6.04 Å². The molecule has 2 heterocycles. The van der Waals surface area contributed by atoms with E-state index < -0.39 is 0 Å². The lowest BCUT2D eigenvalue weighted by molar-refractivity contribution is -0.0582. The van der Waals surface area contributed by atoms with E-state index in [9.17, 15) is 5.11 Å². The topological polar surface area (TPSA) is 23.5 Å². The number of fused-ring (bicyclic) bond motifs is 3. The van der Waals surface area contributed by atoms with Gasteiger partial charge in [-0.1, -0.05) is 30.3 Å². The van der Waals surface area contributed by atoms with Crippen molar-refractivity contribution in [2.24, 2.45) is 5.92 Å². The number of rotatable bonds is 2. The first-order chi connectivity index (χ1) is 7.83. The summed E-state index contributed by atoms with van der Waals surface area (Å²) < 4.78 is 0. The van der Waals surface area contributed by atoms with Crippen LogP contribution in [0.4, 0.5) is 0 Å². The van der Waals surface area contributed by atoms with Crippen LogP contribution in [0.25, 0.3) is 0 Å². The third-order valence-corrected chi connectivity index (χ3v) is 4.08. The van der Waals surface area contributed by atoms with Crippen molar-refractivity contribution in [3.05, 3.63) is 35.9 Å². The van der Waals surface area contributed by atoms with E-state index in [2.05, 4.69) is 35.2 Å². The molecule has 2 heteroatoms. The van der Waals surface area contributed by atoms with Gasteiger partial charge < -0.3 is 5.11 Å². The van der Waals surface area contributed by atoms with Crippen molar-refractivity contribution in [3.8, 4) is 0 Å². The molecule has 16 heavy (non-hydrogen) atoms. The average Bonchev–Trinajstić information content (AvgIpc) is 2.30. The standard InChI is InChI=1S/C14H19NO/c16-14-8-12-6-7-13(14)15(10-12)9-11-4-2-1-3-5-11/h1-5,12-14,16H,6-10H2/t12-,13+,14?/m0/s1. The van der Waals surface area contributed by atoms with E-state index >= 15 is 0 Å². The van der Waals surface area contributed by atoms with Crippen molar-refractivity contribution in [2.75, 3.05) is 6.54 Å². The molecule has 1 N–H and O–H groups in total. The van der Waals surface area contributed by atoms with Gasteiger partial charge in [-0.25, -0.2) is 0 Å². The predicted octanol–water partition coefficient (Wildman–Crippen LogP) is 2.03. The van der Waals surface area contributed by atoms with Gasteiger partial charge in [-0.2, -0.15) is 0 Å². The normalized spacial score (nSPS) is 34.2. The molecular formula is C14H19NO. The van der Waals surface area contributed by atoms with Crippen molar-refractivity contribution in [2.45, 2.75) is 38.0 Å². The quantitative estimate of drug-likeness (QED) is 0.819. The molecule has 1 aliphatic carbocycles. The van der Waals surface area contributed by atoms with Crippen molar-refractivity contribution >= 4 is 0 Å². The Labute approximate surface area is 96.9 Å². The molecule has 1 unspecified atom stereocenters. The molecule has 2 bridgehead atoms. The molecule has 2 nitrogen and oxygen atoms in total. The molecule has 86 valence electrons. The molecule has 2 saturated heterocycles. The highest BCUT2D eigenvalue weighted by Crippen LogP contribution is 2.35. The summed E-state index contributed by atoms with van der Waals surface area (Å²) >= 11 is 0. The van der Waals surface area contributed by atoms with E-state index in [1.54, 1.807) is 0 Å². The largest absolute Gasteiger partial charge is 0.391 e. The predicted molar refractivity (Wildman–Crippen MR) is 64.0 cm³/mol. The molecule has 1 aromatic rings. The van der Waals surface area contributed by atoms with Crippen molar-refractivity contribution < 1.29 is 5.11 Å². The number of hydrogen-bond acceptors (Lipinski definition) is 2. The molecule has 3 fully saturated rings. The Bertz CT molecular complexity index is 351. The first-order valence-electron chi connectivity index (χ1n) is 6.29. The zero-order valence-corrected chi connectivity index (χ0v) is 9.55. The Morgan fingerprint density at radius 3 is 2.69 bits per heavy atom. The summed E-state index contributed by atoms with van der Waals surface area (Å²) in [6.07, 6.45) is 3.43. The van der Waals surface area contributed by atoms with Crippen LogP contribution in [-0.2, 0) is 6.54 Å². The van der Waals surface area contributed by atoms with Crippen LogP contribution in [0.15, 0.2) is 30.3 Å². The maximum absolute atomic E-state index is 10.0. The van der Waals surface area contributed by atoms with Crippen LogP contribution in [0.1, 0.15) is 24.8 Å². The van der Waals surface area contributed by atoms with Gasteiger partial charge in [0, 0.05) is 19.1 Å². The van der Waals surface area contributed by atoms with Crippen molar-refractivity contribution in [1.82, 2.24) is 4.90 Å². The average molecular weight is 217 g/mol. The van der Waals surface area contributed by atoms with Crippen LogP contribution < -0.4 is 0 Å². The molecule has 4 rings (SSSR count). The van der Waals surface area contributed by atoms with Crippen LogP contribution in [0.5, 0.6) is 0 Å². The molecule has 3 aliphatic rings. The first-order valence-corrected chi connectivity index (χ1v) is 6.29. The third-order valence-electron chi connectivity index (χ3n) is 4.08. The van der Waals surface area contributed by atoms with Crippen molar-refractivity contribution in [1.29, 1.82) is 0 Å². The fourth-order valence-electron chi connectivity index (χ4n) is 3.27. The minimum Gasteiger partial charge on any atom is -0.391 e. The molecule has 3 atom stereocenters. The molecule has 2 aliphatic heterocycles. The number of aliphatic hydroxyl groups is 1. The summed E-state index contributed by atoms with van der Waals surface area (Å²) in [5, 5.41) is 10.0. The molecule has 1 saturated carbocycles. The van der Waals surface area contributed by atoms with E-state index in [4.69, 9.17) is 0 Å². The summed E-state index contributed by atoms with van der Waals surface area (Å²) in [5.74, 6) is 0.726. The van der Waals surface area contributed by atoms with Gasteiger partial charge in [0.15, 0.2) is 0 Å².